The SMILES string of the molecule is CC(C)(CNC(=O)Nc1ccc(Cl)cc1)NCC(=O)N1CCCC1C#N. The summed E-state index contributed by atoms with van der Waals surface area (Å²) in [7, 11) is 0. The van der Waals surface area contributed by atoms with Crippen molar-refractivity contribution in [3.05, 3.63) is 29.3 Å². The molecule has 1 unspecified atom stereocenters. The molecule has 1 aromatic rings. The summed E-state index contributed by atoms with van der Waals surface area (Å²) in [6.45, 7) is 4.89. The van der Waals surface area contributed by atoms with Gasteiger partial charge in [-0.1, -0.05) is 11.6 Å². The average Bonchev–Trinajstić information content (AvgIpc) is 3.09. The fraction of sp³-hybridized carbons (Fsp3) is 0.500. The number of carbonyl (C=O) groups excluding carboxylic acids is 2. The van der Waals surface area contributed by atoms with E-state index in [1.165, 1.54) is 0 Å². The monoisotopic (exact) mass is 377 g/mol. The van der Waals surface area contributed by atoms with Crippen LogP contribution in [0.5, 0.6) is 0 Å². The Morgan fingerprint density at radius 1 is 1.35 bits per heavy atom. The number of nitriles is 1. The lowest BCUT2D eigenvalue weighted by Crippen LogP contribution is -2.53. The lowest BCUT2D eigenvalue weighted by Gasteiger charge is -2.28. The van der Waals surface area contributed by atoms with Crippen molar-refractivity contribution in [1.29, 1.82) is 5.26 Å². The fourth-order valence-corrected chi connectivity index (χ4v) is 2.81. The molecule has 1 atom stereocenters. The third-order valence-electron chi connectivity index (χ3n) is 4.23. The van der Waals surface area contributed by atoms with Crippen molar-refractivity contribution in [2.75, 3.05) is 25.0 Å². The molecular formula is C18H24ClN5O2. The van der Waals surface area contributed by atoms with Gasteiger partial charge < -0.3 is 20.9 Å². The number of anilines is 1. The van der Waals surface area contributed by atoms with E-state index in [-0.39, 0.29) is 24.5 Å². The minimum Gasteiger partial charge on any atom is -0.336 e. The van der Waals surface area contributed by atoms with Crippen molar-refractivity contribution in [2.24, 2.45) is 0 Å². The van der Waals surface area contributed by atoms with Gasteiger partial charge in [0.05, 0.1) is 12.6 Å². The van der Waals surface area contributed by atoms with Gasteiger partial charge in [0.25, 0.3) is 0 Å². The molecule has 0 aliphatic carbocycles. The highest BCUT2D eigenvalue weighted by Gasteiger charge is 2.29. The van der Waals surface area contributed by atoms with Crippen LogP contribution < -0.4 is 16.0 Å². The molecule has 0 radical (unpaired) electrons. The third-order valence-corrected chi connectivity index (χ3v) is 4.49. The molecule has 140 valence electrons. The van der Waals surface area contributed by atoms with E-state index in [4.69, 9.17) is 16.9 Å². The Kier molecular flexibility index (Phi) is 6.83. The molecule has 0 saturated carbocycles. The highest BCUT2D eigenvalue weighted by Crippen LogP contribution is 2.16. The second-order valence-electron chi connectivity index (χ2n) is 6.93. The summed E-state index contributed by atoms with van der Waals surface area (Å²) in [5.41, 5.74) is 0.166. The van der Waals surface area contributed by atoms with Crippen molar-refractivity contribution < 1.29 is 9.59 Å². The van der Waals surface area contributed by atoms with Crippen molar-refractivity contribution in [3.63, 3.8) is 0 Å². The van der Waals surface area contributed by atoms with Crippen LogP contribution in [0.2, 0.25) is 5.02 Å². The first-order valence-electron chi connectivity index (χ1n) is 8.55. The Balaban J connectivity index is 1.75. The van der Waals surface area contributed by atoms with Gasteiger partial charge in [-0.15, -0.1) is 0 Å². The Labute approximate surface area is 158 Å². The molecule has 8 heteroatoms. The summed E-state index contributed by atoms with van der Waals surface area (Å²) in [6.07, 6.45) is 1.60. The zero-order chi connectivity index (χ0) is 19.2. The zero-order valence-corrected chi connectivity index (χ0v) is 15.8. The van der Waals surface area contributed by atoms with E-state index in [9.17, 15) is 9.59 Å². The average molecular weight is 378 g/mol. The molecule has 0 spiro atoms. The first kappa shape index (κ1) is 20.0. The van der Waals surface area contributed by atoms with Gasteiger partial charge in [-0.3, -0.25) is 4.79 Å². The van der Waals surface area contributed by atoms with Crippen molar-refractivity contribution in [1.82, 2.24) is 15.5 Å². The maximum absolute atomic E-state index is 12.3. The van der Waals surface area contributed by atoms with Crippen LogP contribution in [0.1, 0.15) is 26.7 Å². The third kappa shape index (κ3) is 5.90. The number of halogens is 1. The van der Waals surface area contributed by atoms with Gasteiger partial charge in [0.15, 0.2) is 0 Å². The molecule has 26 heavy (non-hydrogen) atoms. The number of carbonyl (C=O) groups is 2. The van der Waals surface area contributed by atoms with Crippen molar-refractivity contribution >= 4 is 29.2 Å². The summed E-state index contributed by atoms with van der Waals surface area (Å²) in [5.74, 6) is -0.0901. The predicted molar refractivity (Wildman–Crippen MR) is 101 cm³/mol. The van der Waals surface area contributed by atoms with E-state index in [0.717, 1.165) is 12.8 Å². The largest absolute Gasteiger partial charge is 0.336 e. The minimum absolute atomic E-state index is 0.0901. The van der Waals surface area contributed by atoms with Crippen LogP contribution in [-0.2, 0) is 4.79 Å². The Morgan fingerprint density at radius 2 is 2.04 bits per heavy atom. The number of rotatable bonds is 6. The second-order valence-corrected chi connectivity index (χ2v) is 7.36. The topological polar surface area (TPSA) is 97.3 Å². The van der Waals surface area contributed by atoms with Gasteiger partial charge in [0, 0.05) is 29.3 Å². The summed E-state index contributed by atoms with van der Waals surface area (Å²) >= 11 is 5.81. The predicted octanol–water partition coefficient (Wildman–Crippen LogP) is 2.34. The summed E-state index contributed by atoms with van der Waals surface area (Å²) in [6, 6.07) is 8.32. The van der Waals surface area contributed by atoms with Gasteiger partial charge in [-0.25, -0.2) is 4.79 Å². The molecule has 1 aromatic carbocycles. The van der Waals surface area contributed by atoms with E-state index >= 15 is 0 Å². The number of nitrogens with zero attached hydrogens (tertiary/aromatic N) is 2. The molecule has 3 N–H and O–H groups in total. The van der Waals surface area contributed by atoms with Gasteiger partial charge in [-0.2, -0.15) is 5.26 Å². The number of urea groups is 1. The first-order chi connectivity index (χ1) is 12.3. The van der Waals surface area contributed by atoms with E-state index in [2.05, 4.69) is 22.0 Å². The molecule has 0 bridgehead atoms. The normalized spacial score (nSPS) is 16.8. The van der Waals surface area contributed by atoms with Crippen LogP contribution >= 0.6 is 11.6 Å². The van der Waals surface area contributed by atoms with Crippen LogP contribution in [0.15, 0.2) is 24.3 Å². The number of hydrogen-bond donors (Lipinski definition) is 3. The van der Waals surface area contributed by atoms with Gasteiger partial charge in [0.2, 0.25) is 5.91 Å². The molecule has 7 nitrogen and oxygen atoms in total. The number of hydrogen-bond acceptors (Lipinski definition) is 4. The minimum atomic E-state index is -0.477. The maximum atomic E-state index is 12.3. The zero-order valence-electron chi connectivity index (χ0n) is 15.0. The Hall–Kier alpha value is -2.30. The van der Waals surface area contributed by atoms with Gasteiger partial charge in [0.1, 0.15) is 6.04 Å². The lowest BCUT2D eigenvalue weighted by atomic mass is 10.1. The Bertz CT molecular complexity index is 684. The molecule has 1 aliphatic heterocycles. The standard InChI is InChI=1S/C18H24ClN5O2/c1-18(2,22-11-16(25)24-9-3-4-15(24)10-20)12-21-17(26)23-14-7-5-13(19)6-8-14/h5-8,15,22H,3-4,9,11-12H2,1-2H3,(H2,21,23,26). The first-order valence-corrected chi connectivity index (χ1v) is 8.93. The van der Waals surface area contributed by atoms with Crippen LogP contribution in [0.4, 0.5) is 10.5 Å². The summed E-state index contributed by atoms with van der Waals surface area (Å²) < 4.78 is 0. The highest BCUT2D eigenvalue weighted by atomic mass is 35.5. The summed E-state index contributed by atoms with van der Waals surface area (Å²) in [5, 5.41) is 18.3. The van der Waals surface area contributed by atoms with Crippen LogP contribution in [0.25, 0.3) is 0 Å². The van der Waals surface area contributed by atoms with E-state index in [1.807, 2.05) is 13.8 Å². The van der Waals surface area contributed by atoms with Crippen molar-refractivity contribution in [3.8, 4) is 6.07 Å². The number of likely N-dealkylation sites (tertiary alicyclic amines) is 1. The maximum Gasteiger partial charge on any atom is 0.319 e. The smallest absolute Gasteiger partial charge is 0.319 e. The molecule has 2 rings (SSSR count). The molecule has 3 amide bonds. The lowest BCUT2D eigenvalue weighted by molar-refractivity contribution is -0.130. The molecule has 0 aromatic heterocycles. The second kappa shape index (κ2) is 8.88. The van der Waals surface area contributed by atoms with Gasteiger partial charge in [-0.05, 0) is 51.0 Å². The molecular weight excluding hydrogens is 354 g/mol. The molecule has 1 heterocycles. The van der Waals surface area contributed by atoms with Crippen LogP contribution in [0.3, 0.4) is 0 Å². The Morgan fingerprint density at radius 3 is 2.69 bits per heavy atom. The highest BCUT2D eigenvalue weighted by molar-refractivity contribution is 6.30. The number of amides is 3. The van der Waals surface area contributed by atoms with Crippen LogP contribution in [0, 0.1) is 11.3 Å². The number of nitrogens with one attached hydrogen (secondary N) is 3. The fourth-order valence-electron chi connectivity index (χ4n) is 2.69. The van der Waals surface area contributed by atoms with E-state index in [1.54, 1.807) is 29.2 Å². The summed E-state index contributed by atoms with van der Waals surface area (Å²) in [4.78, 5) is 25.9. The number of benzene rings is 1. The van der Waals surface area contributed by atoms with E-state index in [0.29, 0.717) is 23.8 Å². The van der Waals surface area contributed by atoms with E-state index < -0.39 is 5.54 Å². The molecule has 1 fully saturated rings. The van der Waals surface area contributed by atoms with Crippen LogP contribution in [-0.4, -0.2) is 48.1 Å². The van der Waals surface area contributed by atoms with Crippen molar-refractivity contribution in [2.45, 2.75) is 38.3 Å². The quantitative estimate of drug-likeness (QED) is 0.708. The van der Waals surface area contributed by atoms with Gasteiger partial charge >= 0.3 is 6.03 Å². The molecule has 1 aliphatic rings. The molecule has 1 saturated heterocycles.